The third-order valence-electron chi connectivity index (χ3n) is 6.13. The van der Waals surface area contributed by atoms with Crippen LogP contribution >= 0.6 is 0 Å². The van der Waals surface area contributed by atoms with Crippen molar-refractivity contribution in [1.82, 2.24) is 4.90 Å². The zero-order valence-corrected chi connectivity index (χ0v) is 21.2. The molecule has 0 fully saturated rings. The molecule has 4 aromatic rings. The lowest BCUT2D eigenvalue weighted by Gasteiger charge is -2.24. The van der Waals surface area contributed by atoms with Gasteiger partial charge in [-0.15, -0.1) is 0 Å². The van der Waals surface area contributed by atoms with Crippen molar-refractivity contribution in [3.63, 3.8) is 0 Å². The number of amides is 1. The first kappa shape index (κ1) is 27.6. The van der Waals surface area contributed by atoms with Crippen LogP contribution in [0.1, 0.15) is 58.1 Å². The Morgan fingerprint density at radius 3 is 1.48 bits per heavy atom. The molecule has 0 heterocycles. The van der Waals surface area contributed by atoms with Gasteiger partial charge in [-0.1, -0.05) is 72.8 Å². The summed E-state index contributed by atoms with van der Waals surface area (Å²) < 4.78 is 5.82. The Bertz CT molecular complexity index is 1530. The number of benzene rings is 4. The third kappa shape index (κ3) is 6.70. The standard InChI is InChI=1S/C31H25NO8/c33-28(24-15-26(30(36)37)27(31(38)39)16-25(24)29(34)35)32(17-20-7-3-1-4-8-20)18-21-11-13-23(14-12-21)40-19-22-9-5-2-6-10-22/h1-16H,17-19H2,(H,34,35)(H,36,37)(H,38,39). The highest BCUT2D eigenvalue weighted by molar-refractivity contribution is 6.10. The van der Waals surface area contributed by atoms with Crippen LogP contribution in [0.15, 0.2) is 97.1 Å². The van der Waals surface area contributed by atoms with Gasteiger partial charge in [-0.05, 0) is 41.0 Å². The molecule has 202 valence electrons. The average Bonchev–Trinajstić information content (AvgIpc) is 2.96. The fourth-order valence-electron chi connectivity index (χ4n) is 4.13. The van der Waals surface area contributed by atoms with E-state index in [-0.39, 0.29) is 13.1 Å². The Morgan fingerprint density at radius 1 is 0.550 bits per heavy atom. The summed E-state index contributed by atoms with van der Waals surface area (Å²) in [6, 6.07) is 27.3. The first-order valence-electron chi connectivity index (χ1n) is 12.2. The number of ether oxygens (including phenoxy) is 1. The molecule has 4 rings (SSSR count). The summed E-state index contributed by atoms with van der Waals surface area (Å²) in [6.45, 7) is 0.540. The predicted molar refractivity (Wildman–Crippen MR) is 145 cm³/mol. The molecule has 0 aliphatic rings. The molecular formula is C31H25NO8. The molecule has 9 nitrogen and oxygen atoms in total. The molecule has 0 radical (unpaired) electrons. The Kier molecular flexibility index (Phi) is 8.55. The number of hydrogen-bond acceptors (Lipinski definition) is 5. The zero-order valence-electron chi connectivity index (χ0n) is 21.2. The molecule has 0 aromatic heterocycles. The van der Waals surface area contributed by atoms with E-state index in [1.54, 1.807) is 48.5 Å². The normalized spacial score (nSPS) is 10.5. The third-order valence-corrected chi connectivity index (χ3v) is 6.13. The minimum atomic E-state index is -1.62. The van der Waals surface area contributed by atoms with Crippen molar-refractivity contribution in [2.75, 3.05) is 0 Å². The van der Waals surface area contributed by atoms with Crippen molar-refractivity contribution in [2.24, 2.45) is 0 Å². The molecule has 9 heteroatoms. The number of hydrogen-bond donors (Lipinski definition) is 3. The number of carboxylic acids is 3. The van der Waals surface area contributed by atoms with Crippen molar-refractivity contribution in [2.45, 2.75) is 19.7 Å². The second kappa shape index (κ2) is 12.4. The van der Waals surface area contributed by atoms with Gasteiger partial charge < -0.3 is 25.0 Å². The maximum atomic E-state index is 13.8. The summed E-state index contributed by atoms with van der Waals surface area (Å²) in [5.74, 6) is -4.90. The monoisotopic (exact) mass is 539 g/mol. The van der Waals surface area contributed by atoms with E-state index < -0.39 is 46.1 Å². The molecule has 4 aromatic carbocycles. The fourth-order valence-corrected chi connectivity index (χ4v) is 4.13. The van der Waals surface area contributed by atoms with E-state index in [0.29, 0.717) is 24.0 Å². The number of rotatable bonds is 11. The van der Waals surface area contributed by atoms with Gasteiger partial charge in [-0.25, -0.2) is 14.4 Å². The molecule has 0 aliphatic heterocycles. The fraction of sp³-hybridized carbons (Fsp3) is 0.0968. The van der Waals surface area contributed by atoms with Gasteiger partial charge >= 0.3 is 17.9 Å². The second-order valence-corrected chi connectivity index (χ2v) is 8.92. The topological polar surface area (TPSA) is 141 Å². The van der Waals surface area contributed by atoms with Crippen molar-refractivity contribution >= 4 is 23.8 Å². The van der Waals surface area contributed by atoms with E-state index in [9.17, 15) is 34.5 Å². The first-order valence-corrected chi connectivity index (χ1v) is 12.2. The van der Waals surface area contributed by atoms with Gasteiger partial charge in [0.15, 0.2) is 0 Å². The maximum Gasteiger partial charge on any atom is 0.336 e. The van der Waals surface area contributed by atoms with Crippen molar-refractivity contribution in [3.05, 3.63) is 136 Å². The molecule has 0 unspecified atom stereocenters. The lowest BCUT2D eigenvalue weighted by molar-refractivity contribution is 0.0643. The molecule has 1 amide bonds. The van der Waals surface area contributed by atoms with Gasteiger partial charge in [-0.3, -0.25) is 4.79 Å². The summed E-state index contributed by atoms with van der Waals surface area (Å²) in [4.78, 5) is 50.5. The summed E-state index contributed by atoms with van der Waals surface area (Å²) >= 11 is 0. The van der Waals surface area contributed by atoms with Gasteiger partial charge in [0, 0.05) is 13.1 Å². The van der Waals surface area contributed by atoms with E-state index >= 15 is 0 Å². The number of carbonyl (C=O) groups is 4. The summed E-state index contributed by atoms with van der Waals surface area (Å²) in [7, 11) is 0. The van der Waals surface area contributed by atoms with E-state index in [2.05, 4.69) is 0 Å². The van der Waals surface area contributed by atoms with Gasteiger partial charge in [0.2, 0.25) is 0 Å². The Labute approximate surface area is 229 Å². The molecule has 0 aliphatic carbocycles. The van der Waals surface area contributed by atoms with Crippen LogP contribution in [0.2, 0.25) is 0 Å². The van der Waals surface area contributed by atoms with Crippen LogP contribution in [0.4, 0.5) is 0 Å². The van der Waals surface area contributed by atoms with Crippen LogP contribution in [-0.4, -0.2) is 44.0 Å². The Morgan fingerprint density at radius 2 is 0.975 bits per heavy atom. The molecular weight excluding hydrogens is 514 g/mol. The Hall–Kier alpha value is -5.44. The molecule has 0 saturated heterocycles. The lowest BCUT2D eigenvalue weighted by Crippen LogP contribution is -2.32. The summed E-state index contributed by atoms with van der Waals surface area (Å²) in [5.41, 5.74) is 0.0615. The zero-order chi connectivity index (χ0) is 28.6. The highest BCUT2D eigenvalue weighted by Crippen LogP contribution is 2.23. The van der Waals surface area contributed by atoms with Gasteiger partial charge in [-0.2, -0.15) is 0 Å². The molecule has 0 spiro atoms. The van der Waals surface area contributed by atoms with E-state index in [0.717, 1.165) is 17.2 Å². The van der Waals surface area contributed by atoms with Crippen LogP contribution in [0.5, 0.6) is 5.75 Å². The highest BCUT2D eigenvalue weighted by Gasteiger charge is 2.28. The van der Waals surface area contributed by atoms with E-state index in [1.165, 1.54) is 4.90 Å². The predicted octanol–water partition coefficient (Wildman–Crippen LogP) is 5.20. The summed E-state index contributed by atoms with van der Waals surface area (Å²) in [6.07, 6.45) is 0. The van der Waals surface area contributed by atoms with Gasteiger partial charge in [0.05, 0.1) is 22.3 Å². The smallest absolute Gasteiger partial charge is 0.336 e. The van der Waals surface area contributed by atoms with Crippen LogP contribution in [-0.2, 0) is 19.7 Å². The molecule has 0 atom stereocenters. The van der Waals surface area contributed by atoms with Crippen LogP contribution in [0.25, 0.3) is 0 Å². The SMILES string of the molecule is O=C(O)c1cc(C(=O)O)c(C(=O)N(Cc2ccccc2)Cc2ccc(OCc3ccccc3)cc2)cc1C(=O)O. The van der Waals surface area contributed by atoms with Crippen molar-refractivity contribution in [1.29, 1.82) is 0 Å². The maximum absolute atomic E-state index is 13.8. The number of aromatic carboxylic acids is 3. The molecule has 3 N–H and O–H groups in total. The average molecular weight is 540 g/mol. The second-order valence-electron chi connectivity index (χ2n) is 8.92. The molecule has 0 bridgehead atoms. The van der Waals surface area contributed by atoms with Crippen molar-refractivity contribution < 1.29 is 39.2 Å². The summed E-state index contributed by atoms with van der Waals surface area (Å²) in [5, 5.41) is 28.7. The largest absolute Gasteiger partial charge is 0.489 e. The number of nitrogens with zero attached hydrogens (tertiary/aromatic N) is 1. The molecule has 0 saturated carbocycles. The first-order chi connectivity index (χ1) is 19.2. The minimum absolute atomic E-state index is 0.0643. The van der Waals surface area contributed by atoms with Crippen LogP contribution in [0, 0.1) is 0 Å². The minimum Gasteiger partial charge on any atom is -0.489 e. The van der Waals surface area contributed by atoms with E-state index in [1.807, 2.05) is 36.4 Å². The Balaban J connectivity index is 1.65. The van der Waals surface area contributed by atoms with Crippen molar-refractivity contribution in [3.8, 4) is 5.75 Å². The number of carboxylic acid groups (broad SMARTS) is 3. The van der Waals surface area contributed by atoms with Crippen LogP contribution < -0.4 is 4.74 Å². The van der Waals surface area contributed by atoms with E-state index in [4.69, 9.17) is 4.74 Å². The number of carbonyl (C=O) groups excluding carboxylic acids is 1. The van der Waals surface area contributed by atoms with Gasteiger partial charge in [0.25, 0.3) is 5.91 Å². The van der Waals surface area contributed by atoms with Gasteiger partial charge in [0.1, 0.15) is 12.4 Å². The highest BCUT2D eigenvalue weighted by atomic mass is 16.5. The molecule has 40 heavy (non-hydrogen) atoms. The quantitative estimate of drug-likeness (QED) is 0.236. The lowest BCUT2D eigenvalue weighted by atomic mass is 9.96. The van der Waals surface area contributed by atoms with Crippen LogP contribution in [0.3, 0.4) is 0 Å².